The third-order valence-corrected chi connectivity index (χ3v) is 1.69. The van der Waals surface area contributed by atoms with Gasteiger partial charge in [-0.25, -0.2) is 0 Å². The normalized spacial score (nSPS) is 9.09. The monoisotopic (exact) mass is 165 g/mol. The Balaban J connectivity index is 2.95. The highest BCUT2D eigenvalue weighted by Crippen LogP contribution is 2.08. The van der Waals surface area contributed by atoms with Gasteiger partial charge in [-0.05, 0) is 18.1 Å². The smallest absolute Gasteiger partial charge is 0.0994 e. The van der Waals surface area contributed by atoms with Gasteiger partial charge in [0.15, 0.2) is 0 Å². The second-order valence-corrected chi connectivity index (χ2v) is 2.59. The maximum Gasteiger partial charge on any atom is 0.0994 e. The summed E-state index contributed by atoms with van der Waals surface area (Å²) >= 11 is 5.56. The van der Waals surface area contributed by atoms with Crippen molar-refractivity contribution in [1.82, 2.24) is 0 Å². The molecule has 1 rings (SSSR count). The van der Waals surface area contributed by atoms with E-state index < -0.39 is 0 Å². The average molecular weight is 166 g/mol. The van der Waals surface area contributed by atoms with E-state index in [9.17, 15) is 0 Å². The van der Waals surface area contributed by atoms with Gasteiger partial charge in [0.1, 0.15) is 0 Å². The number of rotatable bonds is 2. The molecule has 0 N–H and O–H groups in total. The minimum Gasteiger partial charge on any atom is -0.192 e. The fourth-order valence-corrected chi connectivity index (χ4v) is 1.15. The van der Waals surface area contributed by atoms with Crippen LogP contribution in [0.4, 0.5) is 0 Å². The Bertz CT molecular complexity index is 275. The third kappa shape index (κ3) is 1.96. The molecule has 0 atom stereocenters. The van der Waals surface area contributed by atoms with E-state index in [0.717, 1.165) is 17.5 Å². The van der Waals surface area contributed by atoms with E-state index >= 15 is 0 Å². The van der Waals surface area contributed by atoms with Crippen LogP contribution in [0.2, 0.25) is 0 Å². The second kappa shape index (κ2) is 4.00. The highest BCUT2D eigenvalue weighted by molar-refractivity contribution is 6.18. The molecule has 0 unspecified atom stereocenters. The molecule has 0 bridgehead atoms. The van der Waals surface area contributed by atoms with Crippen LogP contribution in [0, 0.1) is 11.3 Å². The standard InChI is InChI=1S/C9H8ClN/c10-6-5-8-3-1-2-4-9(8)7-11/h1-4H,5-6H2. The Morgan fingerprint density at radius 3 is 2.73 bits per heavy atom. The van der Waals surface area contributed by atoms with Crippen molar-refractivity contribution < 1.29 is 0 Å². The number of hydrogen-bond donors (Lipinski definition) is 0. The van der Waals surface area contributed by atoms with Crippen LogP contribution in [0.3, 0.4) is 0 Å². The number of halogens is 1. The van der Waals surface area contributed by atoms with Crippen LogP contribution in [0.25, 0.3) is 0 Å². The van der Waals surface area contributed by atoms with Gasteiger partial charge in [-0.1, -0.05) is 18.2 Å². The zero-order valence-electron chi connectivity index (χ0n) is 6.05. The predicted molar refractivity (Wildman–Crippen MR) is 45.6 cm³/mol. The van der Waals surface area contributed by atoms with E-state index in [1.807, 2.05) is 24.3 Å². The van der Waals surface area contributed by atoms with E-state index in [2.05, 4.69) is 6.07 Å². The van der Waals surface area contributed by atoms with Crippen molar-refractivity contribution in [2.75, 3.05) is 5.88 Å². The van der Waals surface area contributed by atoms with Gasteiger partial charge in [0.25, 0.3) is 0 Å². The van der Waals surface area contributed by atoms with Crippen LogP contribution >= 0.6 is 11.6 Å². The molecule has 0 aliphatic heterocycles. The summed E-state index contributed by atoms with van der Waals surface area (Å²) in [6.07, 6.45) is 0.769. The minimum atomic E-state index is 0.568. The molecule has 0 aliphatic carbocycles. The van der Waals surface area contributed by atoms with Crippen LogP contribution in [0.1, 0.15) is 11.1 Å². The van der Waals surface area contributed by atoms with Crippen LogP contribution in [0.5, 0.6) is 0 Å². The summed E-state index contributed by atoms with van der Waals surface area (Å²) in [5.74, 6) is 0.568. The van der Waals surface area contributed by atoms with Crippen molar-refractivity contribution in [3.05, 3.63) is 35.4 Å². The van der Waals surface area contributed by atoms with Crippen LogP contribution < -0.4 is 0 Å². The molecule has 0 saturated heterocycles. The maximum atomic E-state index is 8.65. The van der Waals surface area contributed by atoms with Gasteiger partial charge in [-0.3, -0.25) is 0 Å². The molecule has 0 aromatic heterocycles. The van der Waals surface area contributed by atoms with Crippen LogP contribution in [-0.2, 0) is 6.42 Å². The Morgan fingerprint density at radius 1 is 1.36 bits per heavy atom. The topological polar surface area (TPSA) is 23.8 Å². The van der Waals surface area contributed by atoms with E-state index in [4.69, 9.17) is 16.9 Å². The van der Waals surface area contributed by atoms with Crippen molar-refractivity contribution in [1.29, 1.82) is 5.26 Å². The number of nitriles is 1. The summed E-state index contributed by atoms with van der Waals surface area (Å²) in [5.41, 5.74) is 1.76. The quantitative estimate of drug-likeness (QED) is 0.618. The first-order valence-corrected chi connectivity index (χ1v) is 3.96. The molecule has 0 spiro atoms. The largest absolute Gasteiger partial charge is 0.192 e. The summed E-state index contributed by atoms with van der Waals surface area (Å²) < 4.78 is 0. The van der Waals surface area contributed by atoms with Crippen molar-refractivity contribution in [3.63, 3.8) is 0 Å². The Kier molecular flexibility index (Phi) is 2.95. The fraction of sp³-hybridized carbons (Fsp3) is 0.222. The first-order chi connectivity index (χ1) is 5.38. The van der Waals surface area contributed by atoms with Gasteiger partial charge in [-0.15, -0.1) is 11.6 Å². The van der Waals surface area contributed by atoms with Gasteiger partial charge in [0.05, 0.1) is 11.6 Å². The molecule has 1 aromatic carbocycles. The summed E-state index contributed by atoms with van der Waals surface area (Å²) in [6.45, 7) is 0. The molecule has 11 heavy (non-hydrogen) atoms. The lowest BCUT2D eigenvalue weighted by Gasteiger charge is -1.98. The SMILES string of the molecule is N#Cc1ccccc1CCCl. The van der Waals surface area contributed by atoms with Gasteiger partial charge >= 0.3 is 0 Å². The zero-order valence-corrected chi connectivity index (χ0v) is 6.80. The summed E-state index contributed by atoms with van der Waals surface area (Å²) in [5, 5.41) is 8.65. The van der Waals surface area contributed by atoms with Crippen molar-refractivity contribution in [2.24, 2.45) is 0 Å². The molecule has 56 valence electrons. The lowest BCUT2D eigenvalue weighted by molar-refractivity contribution is 1.14. The fourth-order valence-electron chi connectivity index (χ4n) is 0.949. The molecule has 0 saturated carbocycles. The minimum absolute atomic E-state index is 0.568. The molecule has 1 aromatic rings. The molecule has 0 heterocycles. The highest BCUT2D eigenvalue weighted by Gasteiger charge is 1.97. The molecule has 0 fully saturated rings. The third-order valence-electron chi connectivity index (χ3n) is 1.50. The van der Waals surface area contributed by atoms with Crippen LogP contribution in [0.15, 0.2) is 24.3 Å². The lowest BCUT2D eigenvalue weighted by Crippen LogP contribution is -1.89. The Labute approximate surface area is 71.2 Å². The number of hydrogen-bond acceptors (Lipinski definition) is 1. The molecule has 0 radical (unpaired) electrons. The molecular formula is C9H8ClN. The van der Waals surface area contributed by atoms with Gasteiger partial charge in [-0.2, -0.15) is 5.26 Å². The number of nitrogens with zero attached hydrogens (tertiary/aromatic N) is 1. The number of aryl methyl sites for hydroxylation is 1. The van der Waals surface area contributed by atoms with Gasteiger partial charge < -0.3 is 0 Å². The molecule has 0 aliphatic rings. The summed E-state index contributed by atoms with van der Waals surface area (Å²) in [4.78, 5) is 0. The van der Waals surface area contributed by atoms with Gasteiger partial charge in [0, 0.05) is 5.88 Å². The van der Waals surface area contributed by atoms with Crippen molar-refractivity contribution in [2.45, 2.75) is 6.42 Å². The Morgan fingerprint density at radius 2 is 2.09 bits per heavy atom. The average Bonchev–Trinajstić information content (AvgIpc) is 2.06. The predicted octanol–water partition coefficient (Wildman–Crippen LogP) is 2.34. The molecular weight excluding hydrogens is 158 g/mol. The lowest BCUT2D eigenvalue weighted by atomic mass is 10.1. The van der Waals surface area contributed by atoms with E-state index in [-0.39, 0.29) is 0 Å². The van der Waals surface area contributed by atoms with E-state index in [1.54, 1.807) is 0 Å². The molecule has 2 heteroatoms. The summed E-state index contributed by atoms with van der Waals surface area (Å²) in [6, 6.07) is 9.64. The highest BCUT2D eigenvalue weighted by atomic mass is 35.5. The summed E-state index contributed by atoms with van der Waals surface area (Å²) in [7, 11) is 0. The number of benzene rings is 1. The number of alkyl halides is 1. The second-order valence-electron chi connectivity index (χ2n) is 2.21. The van der Waals surface area contributed by atoms with E-state index in [1.165, 1.54) is 0 Å². The first-order valence-electron chi connectivity index (χ1n) is 3.42. The zero-order chi connectivity index (χ0) is 8.10. The molecule has 0 amide bonds. The Hall–Kier alpha value is -1.00. The van der Waals surface area contributed by atoms with Gasteiger partial charge in [0.2, 0.25) is 0 Å². The first kappa shape index (κ1) is 8.10. The van der Waals surface area contributed by atoms with Crippen molar-refractivity contribution in [3.8, 4) is 6.07 Å². The maximum absolute atomic E-state index is 8.65. The molecule has 1 nitrogen and oxygen atoms in total. The van der Waals surface area contributed by atoms with E-state index in [0.29, 0.717) is 5.88 Å². The van der Waals surface area contributed by atoms with Crippen molar-refractivity contribution >= 4 is 11.6 Å². The van der Waals surface area contributed by atoms with Crippen LogP contribution in [-0.4, -0.2) is 5.88 Å².